The predicted octanol–water partition coefficient (Wildman–Crippen LogP) is 2.32. The molecule has 2 aliphatic rings. The third-order valence-corrected chi connectivity index (χ3v) is 4.13. The Hall–Kier alpha value is -0.930. The van der Waals surface area contributed by atoms with Crippen LogP contribution in [-0.4, -0.2) is 55.3 Å². The van der Waals surface area contributed by atoms with Gasteiger partial charge < -0.3 is 4.90 Å². The highest BCUT2D eigenvalue weighted by Gasteiger charge is 2.26. The van der Waals surface area contributed by atoms with Gasteiger partial charge >= 0.3 is 0 Å². The van der Waals surface area contributed by atoms with Crippen molar-refractivity contribution < 1.29 is 0 Å². The van der Waals surface area contributed by atoms with Crippen LogP contribution in [0.1, 0.15) is 25.7 Å². The molecule has 0 N–H and O–H groups in total. The van der Waals surface area contributed by atoms with Crippen molar-refractivity contribution in [2.75, 3.05) is 32.7 Å². The van der Waals surface area contributed by atoms with Gasteiger partial charge in [0, 0.05) is 25.3 Å². The van der Waals surface area contributed by atoms with Gasteiger partial charge in [0.15, 0.2) is 0 Å². The van der Waals surface area contributed by atoms with Crippen molar-refractivity contribution in [1.82, 2.24) is 9.80 Å². The first kappa shape index (κ1) is 13.5. The van der Waals surface area contributed by atoms with Gasteiger partial charge in [-0.05, 0) is 57.6 Å². The molecule has 1 unspecified atom stereocenters. The minimum absolute atomic E-state index is 0.510. The smallest absolute Gasteiger partial charge is 0.0364 e. The van der Waals surface area contributed by atoms with Gasteiger partial charge in [-0.15, -0.1) is 0 Å². The van der Waals surface area contributed by atoms with Gasteiger partial charge in [0.05, 0.1) is 0 Å². The molecular weight excluding hydrogens is 222 g/mol. The largest absolute Gasteiger partial charge is 0.302 e. The third-order valence-electron chi connectivity index (χ3n) is 4.13. The summed E-state index contributed by atoms with van der Waals surface area (Å²) < 4.78 is 0. The van der Waals surface area contributed by atoms with Crippen molar-refractivity contribution in [2.45, 2.75) is 31.7 Å². The van der Waals surface area contributed by atoms with Gasteiger partial charge in [-0.3, -0.25) is 9.89 Å². The van der Waals surface area contributed by atoms with Crippen LogP contribution in [0.3, 0.4) is 0 Å². The van der Waals surface area contributed by atoms with E-state index >= 15 is 0 Å². The molecule has 2 rings (SSSR count). The lowest BCUT2D eigenvalue weighted by atomic mass is 10.1. The topological polar surface area (TPSA) is 18.8 Å². The summed E-state index contributed by atoms with van der Waals surface area (Å²) in [4.78, 5) is 9.07. The molecule has 0 aromatic rings. The summed E-state index contributed by atoms with van der Waals surface area (Å²) >= 11 is 0. The average molecular weight is 247 g/mol. The standard InChI is InChI=1S/C15H25N3/c1-3-14(13-16-2)15-7-6-10-18(15)12-11-17-8-4-5-9-17/h3,13,15H,1-2,4-12H2/b14-13+. The first-order valence-corrected chi connectivity index (χ1v) is 7.10. The zero-order valence-corrected chi connectivity index (χ0v) is 11.4. The van der Waals surface area contributed by atoms with Crippen LogP contribution in [0.5, 0.6) is 0 Å². The lowest BCUT2D eigenvalue weighted by Gasteiger charge is -2.27. The van der Waals surface area contributed by atoms with Gasteiger partial charge in [-0.25, -0.2) is 0 Å². The summed E-state index contributed by atoms with van der Waals surface area (Å²) in [6, 6.07) is 0.510. The van der Waals surface area contributed by atoms with Crippen LogP contribution < -0.4 is 0 Å². The molecule has 3 nitrogen and oxygen atoms in total. The molecule has 2 saturated heterocycles. The van der Waals surface area contributed by atoms with Crippen LogP contribution in [0.2, 0.25) is 0 Å². The molecular formula is C15H25N3. The van der Waals surface area contributed by atoms with E-state index in [-0.39, 0.29) is 0 Å². The summed E-state index contributed by atoms with van der Waals surface area (Å²) in [5, 5.41) is 0. The molecule has 0 amide bonds. The van der Waals surface area contributed by atoms with E-state index in [0.717, 1.165) is 0 Å². The van der Waals surface area contributed by atoms with Crippen LogP contribution in [-0.2, 0) is 0 Å². The SMILES string of the molecule is C=C/C(=C\N=C)C1CCCN1CCN1CCCC1. The summed E-state index contributed by atoms with van der Waals surface area (Å²) in [5.41, 5.74) is 1.23. The number of hydrogen-bond acceptors (Lipinski definition) is 3. The van der Waals surface area contributed by atoms with Crippen LogP contribution in [0.15, 0.2) is 29.4 Å². The second-order valence-corrected chi connectivity index (χ2v) is 5.26. The quantitative estimate of drug-likeness (QED) is 0.530. The Labute approximate surface area is 111 Å². The Kier molecular flexibility index (Phi) is 5.14. The van der Waals surface area contributed by atoms with Crippen LogP contribution in [0.4, 0.5) is 0 Å². The van der Waals surface area contributed by atoms with Gasteiger partial charge in [0.1, 0.15) is 0 Å². The number of hydrogen-bond donors (Lipinski definition) is 0. The van der Waals surface area contributed by atoms with E-state index in [2.05, 4.69) is 28.1 Å². The maximum absolute atomic E-state index is 3.90. The molecule has 0 bridgehead atoms. The fourth-order valence-corrected chi connectivity index (χ4v) is 3.13. The van der Waals surface area contributed by atoms with E-state index in [1.807, 2.05) is 12.3 Å². The molecule has 0 radical (unpaired) electrons. The summed E-state index contributed by atoms with van der Waals surface area (Å²) in [7, 11) is 0. The molecule has 2 heterocycles. The van der Waals surface area contributed by atoms with Gasteiger partial charge in [0.25, 0.3) is 0 Å². The van der Waals surface area contributed by atoms with E-state index < -0.39 is 0 Å². The van der Waals surface area contributed by atoms with Gasteiger partial charge in [-0.2, -0.15) is 0 Å². The molecule has 1 atom stereocenters. The Bertz CT molecular complexity index is 316. The molecule has 0 spiro atoms. The molecule has 18 heavy (non-hydrogen) atoms. The lowest BCUT2D eigenvalue weighted by Crippen LogP contribution is -2.37. The Balaban J connectivity index is 1.88. The predicted molar refractivity (Wildman–Crippen MR) is 78.1 cm³/mol. The first-order chi connectivity index (χ1) is 8.85. The number of rotatable bonds is 6. The Morgan fingerprint density at radius 1 is 1.17 bits per heavy atom. The average Bonchev–Trinajstić information content (AvgIpc) is 3.04. The van der Waals surface area contributed by atoms with Crippen molar-refractivity contribution in [3.63, 3.8) is 0 Å². The van der Waals surface area contributed by atoms with Crippen LogP contribution in [0.25, 0.3) is 0 Å². The van der Waals surface area contributed by atoms with E-state index in [0.29, 0.717) is 6.04 Å². The number of likely N-dealkylation sites (tertiary alicyclic amines) is 2. The highest BCUT2D eigenvalue weighted by atomic mass is 15.2. The molecule has 2 aliphatic heterocycles. The monoisotopic (exact) mass is 247 g/mol. The lowest BCUT2D eigenvalue weighted by molar-refractivity contribution is 0.229. The zero-order valence-electron chi connectivity index (χ0n) is 11.4. The molecule has 0 aliphatic carbocycles. The Morgan fingerprint density at radius 3 is 2.61 bits per heavy atom. The van der Waals surface area contributed by atoms with Crippen LogP contribution >= 0.6 is 0 Å². The summed E-state index contributed by atoms with van der Waals surface area (Å²) in [6.45, 7) is 13.6. The van der Waals surface area contributed by atoms with Crippen molar-refractivity contribution >= 4 is 6.72 Å². The number of aliphatic imine (C=N–C) groups is 1. The molecule has 0 aromatic carbocycles. The third kappa shape index (κ3) is 3.30. The second kappa shape index (κ2) is 6.86. The summed E-state index contributed by atoms with van der Waals surface area (Å²) in [5.74, 6) is 0. The van der Waals surface area contributed by atoms with Crippen molar-refractivity contribution in [3.8, 4) is 0 Å². The highest BCUT2D eigenvalue weighted by Crippen LogP contribution is 2.24. The minimum Gasteiger partial charge on any atom is -0.302 e. The fraction of sp³-hybridized carbons (Fsp3) is 0.667. The van der Waals surface area contributed by atoms with Crippen molar-refractivity contribution in [3.05, 3.63) is 24.4 Å². The van der Waals surface area contributed by atoms with Crippen molar-refractivity contribution in [2.24, 2.45) is 4.99 Å². The van der Waals surface area contributed by atoms with E-state index in [1.54, 1.807) is 0 Å². The minimum atomic E-state index is 0.510. The Morgan fingerprint density at radius 2 is 1.94 bits per heavy atom. The first-order valence-electron chi connectivity index (χ1n) is 7.10. The van der Waals surface area contributed by atoms with Crippen molar-refractivity contribution in [1.29, 1.82) is 0 Å². The van der Waals surface area contributed by atoms with E-state index in [9.17, 15) is 0 Å². The maximum Gasteiger partial charge on any atom is 0.0364 e. The number of nitrogens with zero attached hydrogens (tertiary/aromatic N) is 3. The van der Waals surface area contributed by atoms with Crippen LogP contribution in [0, 0.1) is 0 Å². The molecule has 3 heteroatoms. The van der Waals surface area contributed by atoms with Gasteiger partial charge in [0.2, 0.25) is 0 Å². The summed E-state index contributed by atoms with van der Waals surface area (Å²) in [6.07, 6.45) is 9.07. The fourth-order valence-electron chi connectivity index (χ4n) is 3.13. The molecule has 100 valence electrons. The second-order valence-electron chi connectivity index (χ2n) is 5.26. The normalized spacial score (nSPS) is 26.7. The van der Waals surface area contributed by atoms with E-state index in [4.69, 9.17) is 0 Å². The molecule has 0 aromatic heterocycles. The molecule has 0 saturated carbocycles. The maximum atomic E-state index is 3.90. The zero-order chi connectivity index (χ0) is 12.8. The van der Waals surface area contributed by atoms with E-state index in [1.165, 1.54) is 64.0 Å². The van der Waals surface area contributed by atoms with Gasteiger partial charge in [-0.1, -0.05) is 12.7 Å². The molecule has 2 fully saturated rings. The highest BCUT2D eigenvalue weighted by molar-refractivity contribution is 5.31.